The first-order chi connectivity index (χ1) is 21.0. The Morgan fingerprint density at radius 3 is 2.39 bits per heavy atom. The lowest BCUT2D eigenvalue weighted by Gasteiger charge is -2.24. The van der Waals surface area contributed by atoms with Gasteiger partial charge in [-0.05, 0) is 37.0 Å². The molecule has 1 aromatic heterocycles. The van der Waals surface area contributed by atoms with Crippen molar-refractivity contribution in [1.29, 1.82) is 0 Å². The predicted octanol–water partition coefficient (Wildman–Crippen LogP) is 4.54. The van der Waals surface area contributed by atoms with Crippen LogP contribution in [-0.4, -0.2) is 90.8 Å². The molecule has 0 atom stereocenters. The van der Waals surface area contributed by atoms with Crippen LogP contribution in [0.15, 0.2) is 41.3 Å². The van der Waals surface area contributed by atoms with Crippen LogP contribution in [0.5, 0.6) is 11.5 Å². The number of rotatable bonds is 12. The number of sulfonamides is 1. The molecule has 44 heavy (non-hydrogen) atoms. The summed E-state index contributed by atoms with van der Waals surface area (Å²) in [7, 11) is 1.83. The lowest BCUT2D eigenvalue weighted by atomic mass is 10.1. The maximum Gasteiger partial charge on any atom is 0.406 e. The summed E-state index contributed by atoms with van der Waals surface area (Å²) in [5, 5.41) is 7.16. The highest BCUT2D eigenvalue weighted by Gasteiger charge is 2.30. The van der Waals surface area contributed by atoms with Crippen LogP contribution in [0.1, 0.15) is 18.5 Å². The highest BCUT2D eigenvalue weighted by atomic mass is 32.2. The minimum atomic E-state index is -4.45. The van der Waals surface area contributed by atoms with Crippen LogP contribution in [0.25, 0.3) is 10.9 Å². The first-order valence-corrected chi connectivity index (χ1v) is 15.4. The van der Waals surface area contributed by atoms with E-state index in [0.717, 1.165) is 22.8 Å². The molecule has 0 amide bonds. The van der Waals surface area contributed by atoms with Crippen LogP contribution < -0.4 is 20.1 Å². The summed E-state index contributed by atoms with van der Waals surface area (Å²) in [5.74, 6) is 6.16. The molecule has 240 valence electrons. The third-order valence-electron chi connectivity index (χ3n) is 7.23. The summed E-state index contributed by atoms with van der Waals surface area (Å²) in [6.45, 7) is 0.450. The maximum absolute atomic E-state index is 13.6. The minimum Gasteiger partial charge on any atom is -0.494 e. The van der Waals surface area contributed by atoms with Gasteiger partial charge in [-0.25, -0.2) is 8.42 Å². The molecule has 2 heterocycles. The zero-order valence-corrected chi connectivity index (χ0v) is 25.9. The molecule has 0 saturated carbocycles. The number of anilines is 2. The van der Waals surface area contributed by atoms with Crippen molar-refractivity contribution in [2.45, 2.75) is 36.5 Å². The van der Waals surface area contributed by atoms with E-state index in [9.17, 15) is 21.6 Å². The van der Waals surface area contributed by atoms with E-state index in [2.05, 4.69) is 22.5 Å². The van der Waals surface area contributed by atoms with E-state index in [1.54, 1.807) is 18.2 Å². The van der Waals surface area contributed by atoms with Crippen molar-refractivity contribution in [2.75, 3.05) is 71.9 Å². The Labute approximate surface area is 255 Å². The number of methoxy groups -OCH3 is 3. The zero-order chi connectivity index (χ0) is 31.9. The Bertz CT molecular complexity index is 1580. The van der Waals surface area contributed by atoms with Crippen LogP contribution in [0.3, 0.4) is 0 Å². The summed E-state index contributed by atoms with van der Waals surface area (Å²) in [6.07, 6.45) is -2.84. The van der Waals surface area contributed by atoms with E-state index in [0.29, 0.717) is 29.8 Å². The molecule has 2 N–H and O–H groups in total. The average molecular weight is 639 g/mol. The monoisotopic (exact) mass is 638 g/mol. The quantitative estimate of drug-likeness (QED) is 0.279. The largest absolute Gasteiger partial charge is 0.494 e. The fourth-order valence-corrected chi connectivity index (χ4v) is 6.11. The number of alkyl halides is 3. The van der Waals surface area contributed by atoms with Crippen molar-refractivity contribution in [1.82, 2.24) is 8.87 Å². The zero-order valence-electron chi connectivity index (χ0n) is 25.1. The van der Waals surface area contributed by atoms with E-state index < -0.39 is 22.7 Å². The first-order valence-electron chi connectivity index (χ1n) is 14.0. The maximum atomic E-state index is 13.6. The normalized spacial score (nSPS) is 14.4. The molecule has 0 radical (unpaired) electrons. The molecule has 3 aromatic rings. The number of likely N-dealkylation sites (N-methyl/N-ethyl adjacent to an activating group) is 1. The summed E-state index contributed by atoms with van der Waals surface area (Å²) in [6, 6.07) is 9.79. The standard InChI is InChI=1S/C30H37F3N4O6S/c1-36(13-16-40-2)44(38,39)23-18-27(41-3)29(28(19-23)42-4)34-12-6-7-22-17-24-25(35-21-10-14-43-15-11-21)8-5-9-26(24)37(22)20-30(31,32)33/h5,8-9,17-19,21,34-35H,10-16,20H2,1-4H3. The molecule has 4 rings (SSSR count). The van der Waals surface area contributed by atoms with Gasteiger partial charge in [-0.1, -0.05) is 12.0 Å². The molecule has 1 aliphatic heterocycles. The first kappa shape index (κ1) is 33.3. The molecule has 1 saturated heterocycles. The van der Waals surface area contributed by atoms with Crippen molar-refractivity contribution in [3.8, 4) is 23.3 Å². The predicted molar refractivity (Wildman–Crippen MR) is 162 cm³/mol. The number of halogens is 3. The fourth-order valence-electron chi connectivity index (χ4n) is 4.92. The molecule has 0 aliphatic carbocycles. The van der Waals surface area contributed by atoms with Crippen LogP contribution in [-0.2, 0) is 26.0 Å². The van der Waals surface area contributed by atoms with E-state index in [1.165, 1.54) is 45.1 Å². The molecule has 0 bridgehead atoms. The second kappa shape index (κ2) is 14.4. The van der Waals surface area contributed by atoms with Gasteiger partial charge in [-0.15, -0.1) is 0 Å². The van der Waals surface area contributed by atoms with E-state index in [4.69, 9.17) is 18.9 Å². The molecule has 10 nitrogen and oxygen atoms in total. The number of hydrogen-bond donors (Lipinski definition) is 2. The molecule has 0 unspecified atom stereocenters. The molecule has 14 heteroatoms. The van der Waals surface area contributed by atoms with Gasteiger partial charge in [0.1, 0.15) is 23.7 Å². The fraction of sp³-hybridized carbons (Fsp3) is 0.467. The van der Waals surface area contributed by atoms with Crippen LogP contribution in [0, 0.1) is 11.8 Å². The topological polar surface area (TPSA) is 103 Å². The van der Waals surface area contributed by atoms with Gasteiger partial charge >= 0.3 is 6.18 Å². The minimum absolute atomic E-state index is 0.00722. The molecule has 2 aromatic carbocycles. The van der Waals surface area contributed by atoms with Gasteiger partial charge in [0.05, 0.1) is 43.5 Å². The summed E-state index contributed by atoms with van der Waals surface area (Å²) >= 11 is 0. The molecular weight excluding hydrogens is 601 g/mol. The molecule has 0 spiro atoms. The van der Waals surface area contributed by atoms with E-state index in [-0.39, 0.29) is 47.8 Å². The van der Waals surface area contributed by atoms with Crippen molar-refractivity contribution in [3.05, 3.63) is 42.1 Å². The molecule has 1 aliphatic rings. The Kier molecular flexibility index (Phi) is 10.9. The number of benzene rings is 2. The lowest BCUT2D eigenvalue weighted by Crippen LogP contribution is -2.30. The highest BCUT2D eigenvalue weighted by molar-refractivity contribution is 7.89. The van der Waals surface area contributed by atoms with Crippen molar-refractivity contribution < 1.29 is 40.5 Å². The molecule has 1 fully saturated rings. The lowest BCUT2D eigenvalue weighted by molar-refractivity contribution is -0.140. The van der Waals surface area contributed by atoms with Crippen molar-refractivity contribution in [2.24, 2.45) is 0 Å². The SMILES string of the molecule is COCCN(C)S(=O)(=O)c1cc(OC)c(NCC#Cc2cc3c(NC4CCOCC4)cccc3n2CC(F)(F)F)c(OC)c1. The summed E-state index contributed by atoms with van der Waals surface area (Å²) in [5.41, 5.74) is 1.72. The Morgan fingerprint density at radius 2 is 1.77 bits per heavy atom. The number of ether oxygens (including phenoxy) is 4. The Morgan fingerprint density at radius 1 is 1.09 bits per heavy atom. The highest BCUT2D eigenvalue weighted by Crippen LogP contribution is 2.38. The smallest absolute Gasteiger partial charge is 0.406 e. The van der Waals surface area contributed by atoms with Gasteiger partial charge in [0.15, 0.2) is 0 Å². The average Bonchev–Trinajstić information content (AvgIpc) is 3.34. The van der Waals surface area contributed by atoms with Gasteiger partial charge in [0.25, 0.3) is 0 Å². The second-order valence-electron chi connectivity index (χ2n) is 10.2. The number of nitrogens with zero attached hydrogens (tertiary/aromatic N) is 2. The van der Waals surface area contributed by atoms with Crippen molar-refractivity contribution >= 4 is 32.3 Å². The Hall–Kier alpha value is -3.64. The van der Waals surface area contributed by atoms with Gasteiger partial charge in [0, 0.05) is 63.2 Å². The second-order valence-corrected chi connectivity index (χ2v) is 12.2. The number of aromatic nitrogens is 1. The van der Waals surface area contributed by atoms with Crippen LogP contribution in [0.4, 0.5) is 24.5 Å². The van der Waals surface area contributed by atoms with Crippen LogP contribution >= 0.6 is 0 Å². The summed E-state index contributed by atoms with van der Waals surface area (Å²) in [4.78, 5) is -0.0386. The van der Waals surface area contributed by atoms with Gasteiger partial charge in [-0.2, -0.15) is 17.5 Å². The Balaban J connectivity index is 1.61. The number of fused-ring (bicyclic) bond motifs is 1. The van der Waals surface area contributed by atoms with Crippen LogP contribution in [0.2, 0.25) is 0 Å². The van der Waals surface area contributed by atoms with Gasteiger partial charge < -0.3 is 34.1 Å². The van der Waals surface area contributed by atoms with Crippen molar-refractivity contribution in [3.63, 3.8) is 0 Å². The molecular formula is C30H37F3N4O6S. The third kappa shape index (κ3) is 7.89. The van der Waals surface area contributed by atoms with E-state index >= 15 is 0 Å². The summed E-state index contributed by atoms with van der Waals surface area (Å²) < 4.78 is 90.6. The van der Waals surface area contributed by atoms with Gasteiger partial charge in [-0.3, -0.25) is 0 Å². The number of hydrogen-bond acceptors (Lipinski definition) is 8. The van der Waals surface area contributed by atoms with Gasteiger partial charge in [0.2, 0.25) is 10.0 Å². The third-order valence-corrected chi connectivity index (χ3v) is 9.07. The number of nitrogens with one attached hydrogen (secondary N) is 2. The van der Waals surface area contributed by atoms with E-state index in [1.807, 2.05) is 6.07 Å².